The summed E-state index contributed by atoms with van der Waals surface area (Å²) in [7, 11) is 0. The van der Waals surface area contributed by atoms with Crippen molar-refractivity contribution in [3.63, 3.8) is 0 Å². The summed E-state index contributed by atoms with van der Waals surface area (Å²) in [6.45, 7) is 1.40. The molecule has 4 nitrogen and oxygen atoms in total. The molecule has 0 atom stereocenters. The van der Waals surface area contributed by atoms with Crippen LogP contribution in [0.3, 0.4) is 0 Å². The largest absolute Gasteiger partial charge is 0.337 e. The van der Waals surface area contributed by atoms with Crippen LogP contribution in [-0.2, 0) is 23.5 Å². The van der Waals surface area contributed by atoms with Gasteiger partial charge in [0.05, 0.1) is 11.4 Å². The minimum absolute atomic E-state index is 0.199. The molecule has 2 aromatic rings. The summed E-state index contributed by atoms with van der Waals surface area (Å²) in [6.07, 6.45) is 4.22. The molecule has 0 bridgehead atoms. The van der Waals surface area contributed by atoms with E-state index < -0.39 is 0 Å². The predicted molar refractivity (Wildman–Crippen MR) is 83.8 cm³/mol. The second-order valence-electron chi connectivity index (χ2n) is 5.04. The van der Waals surface area contributed by atoms with Crippen molar-refractivity contribution in [2.45, 2.75) is 18.7 Å². The molecule has 1 amide bonds. The maximum absolute atomic E-state index is 12.3. The number of thioether (sulfide) groups is 1. The molecule has 1 aromatic heterocycles. The van der Waals surface area contributed by atoms with Gasteiger partial charge < -0.3 is 4.90 Å². The van der Waals surface area contributed by atoms with Crippen LogP contribution in [0.1, 0.15) is 16.8 Å². The topological polar surface area (TPSA) is 46.1 Å². The molecule has 0 radical (unpaired) electrons. The Labute approximate surface area is 128 Å². The van der Waals surface area contributed by atoms with Crippen LogP contribution in [0.15, 0.2) is 42.9 Å². The first-order valence-electron chi connectivity index (χ1n) is 7.00. The average Bonchev–Trinajstić information content (AvgIpc) is 2.55. The number of hydrogen-bond acceptors (Lipinski definition) is 4. The summed E-state index contributed by atoms with van der Waals surface area (Å²) in [5.41, 5.74) is 3.41. The van der Waals surface area contributed by atoms with Crippen LogP contribution in [0.4, 0.5) is 0 Å². The van der Waals surface area contributed by atoms with Gasteiger partial charge >= 0.3 is 0 Å². The Morgan fingerprint density at radius 3 is 3.00 bits per heavy atom. The highest BCUT2D eigenvalue weighted by Crippen LogP contribution is 2.18. The third-order valence-electron chi connectivity index (χ3n) is 3.55. The number of rotatable bonds is 4. The van der Waals surface area contributed by atoms with E-state index in [1.54, 1.807) is 18.1 Å². The van der Waals surface area contributed by atoms with Crippen LogP contribution in [0, 0.1) is 0 Å². The van der Waals surface area contributed by atoms with Crippen molar-refractivity contribution in [3.05, 3.63) is 59.7 Å². The molecule has 0 spiro atoms. The Morgan fingerprint density at radius 1 is 1.29 bits per heavy atom. The summed E-state index contributed by atoms with van der Waals surface area (Å²) >= 11 is 1.67. The maximum Gasteiger partial charge on any atom is 0.232 e. The van der Waals surface area contributed by atoms with Gasteiger partial charge in [-0.05, 0) is 5.56 Å². The van der Waals surface area contributed by atoms with E-state index in [0.717, 1.165) is 30.0 Å². The van der Waals surface area contributed by atoms with Crippen molar-refractivity contribution in [2.24, 2.45) is 0 Å². The highest BCUT2D eigenvalue weighted by atomic mass is 32.2. The molecule has 0 aliphatic carbocycles. The molecule has 21 heavy (non-hydrogen) atoms. The summed E-state index contributed by atoms with van der Waals surface area (Å²) in [5, 5.41) is 0. The molecule has 108 valence electrons. The lowest BCUT2D eigenvalue weighted by Gasteiger charge is -2.27. The summed E-state index contributed by atoms with van der Waals surface area (Å²) in [6, 6.07) is 10.2. The molecule has 1 aliphatic heterocycles. The average molecular weight is 299 g/mol. The monoisotopic (exact) mass is 299 g/mol. The Kier molecular flexibility index (Phi) is 4.50. The number of amides is 1. The standard InChI is InChI=1S/C16H17N3OS/c20-16(11-21-10-13-4-2-1-3-5-13)19-7-6-15-14(9-19)8-17-12-18-15/h1-5,8,12H,6-7,9-11H2. The van der Waals surface area contributed by atoms with E-state index in [-0.39, 0.29) is 5.91 Å². The lowest BCUT2D eigenvalue weighted by molar-refractivity contribution is -0.129. The lowest BCUT2D eigenvalue weighted by atomic mass is 10.1. The van der Waals surface area contributed by atoms with Crippen LogP contribution in [0.5, 0.6) is 0 Å². The first-order valence-corrected chi connectivity index (χ1v) is 8.15. The van der Waals surface area contributed by atoms with Crippen LogP contribution in [0.2, 0.25) is 0 Å². The minimum Gasteiger partial charge on any atom is -0.337 e. The highest BCUT2D eigenvalue weighted by Gasteiger charge is 2.21. The van der Waals surface area contributed by atoms with E-state index in [9.17, 15) is 4.79 Å². The number of benzene rings is 1. The van der Waals surface area contributed by atoms with Crippen molar-refractivity contribution in [1.82, 2.24) is 14.9 Å². The highest BCUT2D eigenvalue weighted by molar-refractivity contribution is 7.99. The zero-order valence-electron chi connectivity index (χ0n) is 11.7. The molecule has 1 aliphatic rings. The van der Waals surface area contributed by atoms with Crippen molar-refractivity contribution in [2.75, 3.05) is 12.3 Å². The zero-order valence-corrected chi connectivity index (χ0v) is 12.6. The van der Waals surface area contributed by atoms with E-state index in [2.05, 4.69) is 22.1 Å². The maximum atomic E-state index is 12.3. The second-order valence-corrected chi connectivity index (χ2v) is 6.02. The van der Waals surface area contributed by atoms with Crippen molar-refractivity contribution < 1.29 is 4.79 Å². The number of fused-ring (bicyclic) bond motifs is 1. The molecule has 1 aromatic carbocycles. The predicted octanol–water partition coefficient (Wildman–Crippen LogP) is 2.29. The SMILES string of the molecule is O=C(CSCc1ccccc1)N1CCc2ncncc2C1. The van der Waals surface area contributed by atoms with E-state index in [1.807, 2.05) is 29.3 Å². The first-order chi connectivity index (χ1) is 10.3. The molecule has 3 rings (SSSR count). The normalized spacial score (nSPS) is 13.8. The fraction of sp³-hybridized carbons (Fsp3) is 0.312. The van der Waals surface area contributed by atoms with Crippen LogP contribution in [0.25, 0.3) is 0 Å². The van der Waals surface area contributed by atoms with Gasteiger partial charge in [0.1, 0.15) is 6.33 Å². The molecule has 0 saturated heterocycles. The molecular weight excluding hydrogens is 282 g/mol. The van der Waals surface area contributed by atoms with Gasteiger partial charge in [0, 0.05) is 37.0 Å². The minimum atomic E-state index is 0.199. The molecule has 0 saturated carbocycles. The van der Waals surface area contributed by atoms with Crippen molar-refractivity contribution >= 4 is 17.7 Å². The van der Waals surface area contributed by atoms with Gasteiger partial charge in [-0.2, -0.15) is 0 Å². The molecule has 0 N–H and O–H groups in total. The number of nitrogens with zero attached hydrogens (tertiary/aromatic N) is 3. The van der Waals surface area contributed by atoms with E-state index in [1.165, 1.54) is 5.56 Å². The third kappa shape index (κ3) is 3.61. The van der Waals surface area contributed by atoms with Gasteiger partial charge in [0.15, 0.2) is 0 Å². The molecular formula is C16H17N3OS. The van der Waals surface area contributed by atoms with Crippen LogP contribution < -0.4 is 0 Å². The lowest BCUT2D eigenvalue weighted by Crippen LogP contribution is -2.37. The summed E-state index contributed by atoms with van der Waals surface area (Å²) in [4.78, 5) is 22.5. The molecule has 0 unspecified atom stereocenters. The third-order valence-corrected chi connectivity index (χ3v) is 4.54. The Bertz CT molecular complexity index is 618. The molecule has 0 fully saturated rings. The second kappa shape index (κ2) is 6.72. The smallest absolute Gasteiger partial charge is 0.232 e. The van der Waals surface area contributed by atoms with Crippen LogP contribution >= 0.6 is 11.8 Å². The van der Waals surface area contributed by atoms with E-state index >= 15 is 0 Å². The van der Waals surface area contributed by atoms with Gasteiger partial charge in [-0.1, -0.05) is 30.3 Å². The van der Waals surface area contributed by atoms with Crippen molar-refractivity contribution in [1.29, 1.82) is 0 Å². The summed E-state index contributed by atoms with van der Waals surface area (Å²) in [5.74, 6) is 1.60. The summed E-state index contributed by atoms with van der Waals surface area (Å²) < 4.78 is 0. The Balaban J connectivity index is 1.50. The van der Waals surface area contributed by atoms with Gasteiger partial charge in [0.25, 0.3) is 0 Å². The fourth-order valence-electron chi connectivity index (χ4n) is 2.40. The Hall–Kier alpha value is -1.88. The number of carbonyl (C=O) groups excluding carboxylic acids is 1. The number of aromatic nitrogens is 2. The first kappa shape index (κ1) is 14.1. The molecule has 2 heterocycles. The van der Waals surface area contributed by atoms with Gasteiger partial charge in [-0.3, -0.25) is 4.79 Å². The van der Waals surface area contributed by atoms with Crippen molar-refractivity contribution in [3.8, 4) is 0 Å². The van der Waals surface area contributed by atoms with Gasteiger partial charge in [-0.15, -0.1) is 11.8 Å². The fourth-order valence-corrected chi connectivity index (χ4v) is 3.29. The van der Waals surface area contributed by atoms with Crippen LogP contribution in [-0.4, -0.2) is 33.1 Å². The van der Waals surface area contributed by atoms with Gasteiger partial charge in [-0.25, -0.2) is 9.97 Å². The quantitative estimate of drug-likeness (QED) is 0.869. The van der Waals surface area contributed by atoms with Gasteiger partial charge in [0.2, 0.25) is 5.91 Å². The zero-order chi connectivity index (χ0) is 14.5. The molecule has 5 heteroatoms. The van der Waals surface area contributed by atoms with E-state index in [4.69, 9.17) is 0 Å². The van der Waals surface area contributed by atoms with E-state index in [0.29, 0.717) is 12.3 Å². The number of carbonyl (C=O) groups is 1. The number of hydrogen-bond donors (Lipinski definition) is 0. The Morgan fingerprint density at radius 2 is 2.14 bits per heavy atom.